The van der Waals surface area contributed by atoms with Gasteiger partial charge in [0.2, 0.25) is 1.43 Å². The van der Waals surface area contributed by atoms with Gasteiger partial charge in [0.25, 0.3) is 1.43 Å². The van der Waals surface area contributed by atoms with Crippen molar-refractivity contribution < 1.29 is 19.9 Å². The predicted octanol–water partition coefficient (Wildman–Crippen LogP) is 0.645. The van der Waals surface area contributed by atoms with Crippen LogP contribution in [0.5, 0.6) is 5.75 Å². The normalized spacial score (nSPS) is 24.7. The zero-order chi connectivity index (χ0) is 16.5. The van der Waals surface area contributed by atoms with Crippen LogP contribution >= 0.6 is 0 Å². The third-order valence-electron chi connectivity index (χ3n) is 1.13. The number of aromatic hydroxyl groups is 1. The summed E-state index contributed by atoms with van der Waals surface area (Å²) in [6.07, 6.45) is -1.86. The van der Waals surface area contributed by atoms with Crippen LogP contribution in [0.25, 0.3) is 0 Å². The summed E-state index contributed by atoms with van der Waals surface area (Å²) in [5.74, 6) is -0.642. The molecule has 0 aliphatic rings. The summed E-state index contributed by atoms with van der Waals surface area (Å²) in [6, 6.07) is -2.73. The molecule has 0 fully saturated rings. The summed E-state index contributed by atoms with van der Waals surface area (Å²) in [6.45, 7) is -2.58. The Labute approximate surface area is 84.5 Å². The van der Waals surface area contributed by atoms with E-state index in [0.29, 0.717) is 5.31 Å². The lowest BCUT2D eigenvalue weighted by atomic mass is 10.1. The molecule has 0 aliphatic heterocycles. The second kappa shape index (κ2) is 4.09. The number of aliphatic hydroxyl groups is 1. The highest BCUT2D eigenvalue weighted by Crippen LogP contribution is 2.17. The van der Waals surface area contributed by atoms with Crippen LogP contribution in [0.4, 0.5) is 0 Å². The predicted molar refractivity (Wildman–Crippen MR) is 47.0 cm³/mol. The molecule has 12 heavy (non-hydrogen) atoms. The van der Waals surface area contributed by atoms with Crippen molar-refractivity contribution >= 4 is 0 Å². The van der Waals surface area contributed by atoms with E-state index >= 15 is 0 Å². The third kappa shape index (κ3) is 2.22. The van der Waals surface area contributed by atoms with E-state index in [0.717, 1.165) is 7.05 Å². The van der Waals surface area contributed by atoms with Crippen LogP contribution in [0.1, 0.15) is 19.9 Å². The van der Waals surface area contributed by atoms with Crippen LogP contribution in [0.2, 0.25) is 1.41 Å². The molecule has 1 rings (SSSR count). The Morgan fingerprint density at radius 3 is 3.50 bits per heavy atom. The van der Waals surface area contributed by atoms with Crippen molar-refractivity contribution in [3.63, 3.8) is 0 Å². The molecular formula is C9H13NO2. The first kappa shape index (κ1) is 2.72. The van der Waals surface area contributed by atoms with Gasteiger partial charge in [0.05, 0.1) is 11.6 Å². The van der Waals surface area contributed by atoms with E-state index in [9.17, 15) is 0 Å². The first-order valence-corrected chi connectivity index (χ1v) is 3.19. The standard InChI is InChI=1S/C9H13NO2/c1-10-6-9(12)7-3-2-4-8(11)5-7/h2-5,9-12H,6H2,1H3/t9-/m1/s1/i2D,3D,4D,5D,6D2,12D/hD2. The smallest absolute Gasteiger partial charge is 0.293 e. The molecule has 1 aromatic carbocycles. The van der Waals surface area contributed by atoms with E-state index in [2.05, 4.69) is 10.2 Å². The third-order valence-corrected chi connectivity index (χ3v) is 1.13. The largest absolute Gasteiger partial charge is 0.508 e. The van der Waals surface area contributed by atoms with E-state index in [-0.39, 0.29) is 0 Å². The monoisotopic (exact) mass is 176 g/mol. The van der Waals surface area contributed by atoms with Gasteiger partial charge in [-0.1, -0.05) is 12.1 Å². The molecule has 0 aromatic heterocycles. The maximum atomic E-state index is 7.80. The molecule has 3 N–H and O–H groups in total. The minimum atomic E-state index is -2.58. The number of benzene rings is 1. The number of nitrogens with one attached hydrogen (secondary N) is 1. The molecule has 66 valence electrons. The number of hydrogen-bond acceptors (Lipinski definition) is 3. The second-order valence-corrected chi connectivity index (χ2v) is 1.98. The molecule has 1 aromatic rings. The molecule has 1 atom stereocenters. The van der Waals surface area contributed by atoms with Gasteiger partial charge in [-0.3, -0.25) is 0 Å². The van der Waals surface area contributed by atoms with Crippen LogP contribution in [-0.2, 0) is 0 Å². The van der Waals surface area contributed by atoms with Crippen LogP contribution in [0.15, 0.2) is 24.2 Å². The lowest BCUT2D eigenvalue weighted by Gasteiger charge is -2.09. The van der Waals surface area contributed by atoms with Gasteiger partial charge in [-0.05, 0) is 24.7 Å². The first-order valence-electron chi connectivity index (χ1n) is 7.45. The SMILES string of the molecule is [2H]Oc1c([2H])c([2H])c([2H])c([C@H](O[2H])C([2H])([2H])N([2H])C)c1[2H]. The van der Waals surface area contributed by atoms with Gasteiger partial charge < -0.3 is 15.5 Å². The summed E-state index contributed by atoms with van der Waals surface area (Å²) in [5, 5.41) is 8.67. The number of aliphatic hydroxyl groups excluding tert-OH is 1. The number of likely N-dealkylation sites (N-methyl/N-ethyl adjacent to an activating group) is 1. The number of rotatable bonds is 5. The molecule has 3 heteroatoms. The molecule has 0 radical (unpaired) electrons. The van der Waals surface area contributed by atoms with Crippen molar-refractivity contribution in [2.24, 2.45) is 0 Å². The van der Waals surface area contributed by atoms with E-state index in [4.69, 9.17) is 12.5 Å². The zero-order valence-corrected chi connectivity index (χ0v) is 6.34. The molecule has 3 nitrogen and oxygen atoms in total. The fourth-order valence-electron chi connectivity index (χ4n) is 0.653. The molecule has 0 bridgehead atoms. The molecule has 0 amide bonds. The van der Waals surface area contributed by atoms with Gasteiger partial charge in [0, 0.05) is 9.24 Å². The quantitative estimate of drug-likeness (QED) is 0.617. The van der Waals surface area contributed by atoms with Crippen LogP contribution in [0, 0.1) is 0 Å². The fourth-order valence-corrected chi connectivity index (χ4v) is 0.653. The van der Waals surface area contributed by atoms with Gasteiger partial charge >= 0.3 is 0 Å². The topological polar surface area (TPSA) is 52.5 Å². The summed E-state index contributed by atoms with van der Waals surface area (Å²) < 4.78 is 67.2. The summed E-state index contributed by atoms with van der Waals surface area (Å²) in [4.78, 5) is 0. The maximum absolute atomic E-state index is 7.80. The first-order chi connectivity index (χ1) is 9.61. The Morgan fingerprint density at radius 2 is 2.83 bits per heavy atom. The molecule has 0 spiro atoms. The molecule has 0 aliphatic carbocycles. The Morgan fingerprint density at radius 1 is 1.92 bits per heavy atom. The summed E-state index contributed by atoms with van der Waals surface area (Å²) in [5.41, 5.74) is -0.530. The summed E-state index contributed by atoms with van der Waals surface area (Å²) >= 11 is 0. The lowest BCUT2D eigenvalue weighted by molar-refractivity contribution is 0.177. The van der Waals surface area contributed by atoms with Crippen LogP contribution in [-0.4, -0.2) is 26.6 Å². The van der Waals surface area contributed by atoms with Gasteiger partial charge in [-0.25, -0.2) is 0 Å². The van der Waals surface area contributed by atoms with Gasteiger partial charge in [-0.15, -0.1) is 0 Å². The van der Waals surface area contributed by atoms with Gasteiger partial charge in [0.1, 0.15) is 7.16 Å². The fraction of sp³-hybridized carbons (Fsp3) is 0.333. The van der Waals surface area contributed by atoms with Crippen LogP contribution in [0.3, 0.4) is 0 Å². The minimum Gasteiger partial charge on any atom is -0.508 e. The van der Waals surface area contributed by atoms with E-state index in [1.54, 1.807) is 0 Å². The average Bonchev–Trinajstić information content (AvgIpc) is 2.41. The van der Waals surface area contributed by atoms with E-state index < -0.39 is 48.1 Å². The Kier molecular flexibility index (Phi) is 0.926. The van der Waals surface area contributed by atoms with E-state index in [1.165, 1.54) is 0 Å². The highest BCUT2D eigenvalue weighted by molar-refractivity contribution is 5.28. The van der Waals surface area contributed by atoms with Crippen molar-refractivity contribution in [2.45, 2.75) is 6.10 Å². The number of phenols is 1. The van der Waals surface area contributed by atoms with Crippen molar-refractivity contribution in [3.8, 4) is 5.75 Å². The van der Waals surface area contributed by atoms with Crippen molar-refractivity contribution in [1.82, 2.24) is 5.31 Å². The van der Waals surface area contributed by atoms with Gasteiger partial charge in [-0.2, -0.15) is 0 Å². The van der Waals surface area contributed by atoms with Crippen molar-refractivity contribution in [3.05, 3.63) is 29.7 Å². The van der Waals surface area contributed by atoms with Gasteiger partial charge in [0.15, 0.2) is 0 Å². The molecule has 0 unspecified atom stereocenters. The number of hydrogen-bond donors (Lipinski definition) is 3. The zero-order valence-electron chi connectivity index (χ0n) is 15.3. The highest BCUT2D eigenvalue weighted by Gasteiger charge is 2.05. The molecular weight excluding hydrogens is 154 g/mol. The Hall–Kier alpha value is -1.06. The van der Waals surface area contributed by atoms with Crippen LogP contribution < -0.4 is 5.31 Å². The molecule has 0 heterocycles. The number of phenolic OH excluding ortho intramolecular Hbond substituents is 1. The summed E-state index contributed by atoms with van der Waals surface area (Å²) in [7, 11) is 1.06. The van der Waals surface area contributed by atoms with Crippen molar-refractivity contribution in [2.75, 3.05) is 13.5 Å². The van der Waals surface area contributed by atoms with Crippen molar-refractivity contribution in [1.29, 1.82) is 2.86 Å². The molecule has 0 saturated heterocycles. The lowest BCUT2D eigenvalue weighted by Crippen LogP contribution is -2.16. The highest BCUT2D eigenvalue weighted by atomic mass is 16.3. The second-order valence-electron chi connectivity index (χ2n) is 1.98. The Balaban J connectivity index is 3.65. The Bertz CT molecular complexity index is 537. The molecule has 0 saturated carbocycles. The minimum absolute atomic E-state index is 0.352. The average molecular weight is 176 g/mol. The van der Waals surface area contributed by atoms with E-state index in [1.807, 2.05) is 0 Å². The maximum Gasteiger partial charge on any atom is 0.293 e.